The number of amides is 1. The van der Waals surface area contributed by atoms with Gasteiger partial charge in [-0.05, 0) is 109 Å². The fourth-order valence-corrected chi connectivity index (χ4v) is 11.5. The van der Waals surface area contributed by atoms with E-state index in [9.17, 15) is 19.0 Å². The van der Waals surface area contributed by atoms with Crippen molar-refractivity contribution in [3.8, 4) is 0 Å². The van der Waals surface area contributed by atoms with Crippen LogP contribution in [0.2, 0.25) is 0 Å². The van der Waals surface area contributed by atoms with E-state index in [0.717, 1.165) is 122 Å². The second-order valence-electron chi connectivity index (χ2n) is 26.4. The Morgan fingerprint density at radius 3 is 1.09 bits per heavy atom. The van der Waals surface area contributed by atoms with E-state index in [4.69, 9.17) is 13.8 Å². The topological polar surface area (TPSA) is 111 Å². The summed E-state index contributed by atoms with van der Waals surface area (Å²) in [5.41, 5.74) is 0. The van der Waals surface area contributed by atoms with Crippen LogP contribution in [-0.2, 0) is 27.9 Å². The van der Waals surface area contributed by atoms with E-state index in [1.54, 1.807) is 0 Å². The summed E-state index contributed by atoms with van der Waals surface area (Å²) in [7, 11) is 1.49. The molecule has 0 fully saturated rings. The van der Waals surface area contributed by atoms with Gasteiger partial charge in [0.25, 0.3) is 0 Å². The summed E-state index contributed by atoms with van der Waals surface area (Å²) < 4.78 is 30.8. The van der Waals surface area contributed by atoms with Gasteiger partial charge in [0, 0.05) is 12.8 Å². The molecule has 9 nitrogen and oxygen atoms in total. The number of carbonyl (C=O) groups is 2. The van der Waals surface area contributed by atoms with Crippen molar-refractivity contribution < 1.29 is 37.3 Å². The molecule has 3 unspecified atom stereocenters. The maximum atomic E-state index is 13.6. The van der Waals surface area contributed by atoms with Crippen molar-refractivity contribution in [2.24, 2.45) is 0 Å². The third-order valence-corrected chi connectivity index (χ3v) is 17.5. The third-order valence-electron chi connectivity index (χ3n) is 16.5. The highest BCUT2D eigenvalue weighted by molar-refractivity contribution is 7.47. The first-order valence-corrected chi connectivity index (χ1v) is 39.1. The van der Waals surface area contributed by atoms with Crippen molar-refractivity contribution in [2.45, 2.75) is 354 Å². The van der Waals surface area contributed by atoms with E-state index in [1.165, 1.54) is 186 Å². The minimum absolute atomic E-state index is 0.0349. The largest absolute Gasteiger partial charge is 0.472 e. The maximum Gasteiger partial charge on any atom is 0.472 e. The molecule has 0 bridgehead atoms. The number of allylic oxidation sites excluding steroid dienone is 15. The lowest BCUT2D eigenvalue weighted by Crippen LogP contribution is -2.47. The average Bonchev–Trinajstić information content (AvgIpc) is 3.64. The summed E-state index contributed by atoms with van der Waals surface area (Å²) >= 11 is 0. The predicted octanol–water partition coefficient (Wildman–Crippen LogP) is 24.2. The Kier molecular flexibility index (Phi) is 65.5. The van der Waals surface area contributed by atoms with Crippen LogP contribution in [0.25, 0.3) is 0 Å². The van der Waals surface area contributed by atoms with Crippen LogP contribution in [0.4, 0.5) is 0 Å². The molecular weight excluding hydrogens is 1120 g/mol. The van der Waals surface area contributed by atoms with Gasteiger partial charge in [-0.3, -0.25) is 18.6 Å². The van der Waals surface area contributed by atoms with Gasteiger partial charge >= 0.3 is 13.8 Å². The molecule has 516 valence electrons. The highest BCUT2D eigenvalue weighted by Gasteiger charge is 2.30. The number of unbranched alkanes of at least 4 members (excludes halogenated alkanes) is 38. The quantitative estimate of drug-likeness (QED) is 0.0205. The molecule has 0 aromatic rings. The Morgan fingerprint density at radius 2 is 0.719 bits per heavy atom. The van der Waals surface area contributed by atoms with Crippen LogP contribution >= 0.6 is 7.82 Å². The molecule has 0 rings (SSSR count). The molecule has 2 N–H and O–H groups in total. The molecule has 0 saturated heterocycles. The Balaban J connectivity index is 4.98. The number of nitrogens with one attached hydrogen (secondary N) is 1. The first-order valence-electron chi connectivity index (χ1n) is 37.6. The Morgan fingerprint density at radius 1 is 0.404 bits per heavy atom. The van der Waals surface area contributed by atoms with Crippen LogP contribution in [0.5, 0.6) is 0 Å². The molecule has 0 aromatic carbocycles. The van der Waals surface area contributed by atoms with Gasteiger partial charge in [-0.25, -0.2) is 4.57 Å². The molecule has 0 aliphatic rings. The molecule has 0 aliphatic carbocycles. The van der Waals surface area contributed by atoms with E-state index in [1.807, 2.05) is 33.3 Å². The van der Waals surface area contributed by atoms with Gasteiger partial charge in [0.2, 0.25) is 5.91 Å². The van der Waals surface area contributed by atoms with Crippen molar-refractivity contribution in [2.75, 3.05) is 40.9 Å². The lowest BCUT2D eigenvalue weighted by molar-refractivity contribution is -0.870. The van der Waals surface area contributed by atoms with Gasteiger partial charge < -0.3 is 19.4 Å². The summed E-state index contributed by atoms with van der Waals surface area (Å²) in [5.74, 6) is -0.515. The number of phosphoric ester groups is 1. The highest BCUT2D eigenvalue weighted by Crippen LogP contribution is 2.43. The first-order chi connectivity index (χ1) is 43.4. The van der Waals surface area contributed by atoms with E-state index < -0.39 is 20.0 Å². The van der Waals surface area contributed by atoms with Gasteiger partial charge in [0.05, 0.1) is 33.8 Å². The van der Waals surface area contributed by atoms with E-state index in [0.29, 0.717) is 17.4 Å². The summed E-state index contributed by atoms with van der Waals surface area (Å²) in [6.07, 6.45) is 92.9. The number of rotatable bonds is 68. The molecule has 0 spiro atoms. The fourth-order valence-electron chi connectivity index (χ4n) is 10.8. The summed E-state index contributed by atoms with van der Waals surface area (Å²) in [6, 6.07) is -0.860. The Bertz CT molecular complexity index is 1840. The monoisotopic (exact) mass is 1260 g/mol. The van der Waals surface area contributed by atoms with Crippen LogP contribution in [-0.4, -0.2) is 74.3 Å². The number of ether oxygens (including phenoxy) is 1. The van der Waals surface area contributed by atoms with E-state index >= 15 is 0 Å². The summed E-state index contributed by atoms with van der Waals surface area (Å²) in [5, 5.41) is 3.07. The van der Waals surface area contributed by atoms with Gasteiger partial charge in [-0.1, -0.05) is 317 Å². The SMILES string of the molecule is CC/C=C\C/C=C\C/C=C\C/C=C\C/C=C\C/C=C\CCCCCCCCC(=O)OC(/C=C/CCCCCCCCCCC)C(COP(=O)(O)OCC[N+](C)(C)C)NC(=O)CCCCCCCCCCCCCCCCCCC/C=C/CCCCCCCC. The van der Waals surface area contributed by atoms with Crippen LogP contribution in [0.3, 0.4) is 0 Å². The molecule has 0 aromatic heterocycles. The van der Waals surface area contributed by atoms with Crippen LogP contribution in [0.1, 0.15) is 342 Å². The normalized spacial score (nSPS) is 14.0. The smallest absolute Gasteiger partial charge is 0.456 e. The number of esters is 1. The predicted molar refractivity (Wildman–Crippen MR) is 387 cm³/mol. The van der Waals surface area contributed by atoms with E-state index in [2.05, 4.69) is 111 Å². The third kappa shape index (κ3) is 69.1. The van der Waals surface area contributed by atoms with Gasteiger partial charge in [-0.15, -0.1) is 0 Å². The summed E-state index contributed by atoms with van der Waals surface area (Å²) in [4.78, 5) is 37.9. The Labute approximate surface area is 551 Å². The van der Waals surface area contributed by atoms with Crippen molar-refractivity contribution in [3.05, 3.63) is 97.2 Å². The van der Waals surface area contributed by atoms with Crippen molar-refractivity contribution in [1.29, 1.82) is 0 Å². The first kappa shape index (κ1) is 85.9. The molecule has 0 saturated carbocycles. The van der Waals surface area contributed by atoms with Crippen LogP contribution in [0, 0.1) is 0 Å². The molecule has 1 amide bonds. The van der Waals surface area contributed by atoms with Crippen molar-refractivity contribution in [3.63, 3.8) is 0 Å². The number of hydrogen-bond acceptors (Lipinski definition) is 6. The zero-order valence-electron chi connectivity index (χ0n) is 59.2. The molecule has 89 heavy (non-hydrogen) atoms. The molecule has 10 heteroatoms. The summed E-state index contributed by atoms with van der Waals surface area (Å²) in [6.45, 7) is 6.91. The second kappa shape index (κ2) is 67.8. The van der Waals surface area contributed by atoms with Crippen molar-refractivity contribution in [1.82, 2.24) is 5.32 Å². The number of carbonyl (C=O) groups excluding carboxylic acids is 2. The molecular formula is C79H144N2O7P+. The highest BCUT2D eigenvalue weighted by atomic mass is 31.2. The fraction of sp³-hybridized carbons (Fsp3) is 0.772. The van der Waals surface area contributed by atoms with Crippen molar-refractivity contribution >= 4 is 19.7 Å². The van der Waals surface area contributed by atoms with E-state index in [-0.39, 0.29) is 31.5 Å². The number of hydrogen-bond donors (Lipinski definition) is 2. The van der Waals surface area contributed by atoms with Crippen LogP contribution < -0.4 is 5.32 Å². The lowest BCUT2D eigenvalue weighted by atomic mass is 10.0. The number of likely N-dealkylation sites (N-methyl/N-ethyl adjacent to an activating group) is 1. The second-order valence-corrected chi connectivity index (χ2v) is 27.9. The zero-order chi connectivity index (χ0) is 64.9. The van der Waals surface area contributed by atoms with Crippen LogP contribution in [0.15, 0.2) is 97.2 Å². The van der Waals surface area contributed by atoms with Gasteiger partial charge in [0.15, 0.2) is 0 Å². The Hall–Kier alpha value is -3.07. The number of phosphoric acid groups is 1. The van der Waals surface area contributed by atoms with Gasteiger partial charge in [-0.2, -0.15) is 0 Å². The number of quaternary nitrogens is 1. The minimum atomic E-state index is -4.46. The zero-order valence-corrected chi connectivity index (χ0v) is 60.1. The molecule has 0 heterocycles. The maximum absolute atomic E-state index is 13.6. The van der Waals surface area contributed by atoms with Gasteiger partial charge in [0.1, 0.15) is 19.3 Å². The average molecular weight is 1270 g/mol. The minimum Gasteiger partial charge on any atom is -0.456 e. The molecule has 0 radical (unpaired) electrons. The molecule has 3 atom stereocenters. The molecule has 0 aliphatic heterocycles. The standard InChI is InChI=1S/C79H143N2O7P/c1-7-10-13-16-19-22-25-27-29-31-33-35-37-39-40-42-43-45-47-49-51-53-56-59-62-65-68-71-78(82)80-76(75-87-89(84,85)86-74-73-81(4,5)6)77(70-67-64-61-58-55-24-21-18-15-12-9-3)88-79(83)72-69-66-63-60-57-54-52-50-48-46-44-41-38-36-34-32-30-28-26-23-20-17-14-11-8-2/h11,14,20,23,27-30,34,36,41,44,48,50,67,70,76-77H,7-10,12-13,15-19,21-22,24-26,31-33,35,37-40,42-43,45-47,49,51-66,68-69,71-75H2,1-6H3,(H-,80,82,84,85)/p+1/b14-11-,23-20-,29-27+,30-28-,36-34-,44-41-,50-48-,70-67+. The number of nitrogens with zero attached hydrogens (tertiary/aromatic N) is 1. The lowest BCUT2D eigenvalue weighted by Gasteiger charge is -2.27.